The smallest absolute Gasteiger partial charge is 0.221 e. The van der Waals surface area contributed by atoms with E-state index in [2.05, 4.69) is 10.3 Å². The topological polar surface area (TPSA) is 77.2 Å². The number of nitrogen functional groups attached to an aromatic ring is 1. The Labute approximate surface area is 128 Å². The van der Waals surface area contributed by atoms with E-state index in [9.17, 15) is 9.18 Å². The first-order valence-corrected chi connectivity index (χ1v) is 6.89. The molecule has 0 spiro atoms. The van der Waals surface area contributed by atoms with Gasteiger partial charge in [0.15, 0.2) is 5.82 Å². The van der Waals surface area contributed by atoms with Crippen molar-refractivity contribution in [2.45, 2.75) is 26.4 Å². The first kappa shape index (κ1) is 15.8. The fraction of sp³-hybridized carbons (Fsp3) is 0.250. The second-order valence-corrected chi connectivity index (χ2v) is 5.02. The normalized spacial score (nSPS) is 11.8. The summed E-state index contributed by atoms with van der Waals surface area (Å²) in [5.74, 6) is 0.0927. The van der Waals surface area contributed by atoms with Gasteiger partial charge >= 0.3 is 0 Å². The number of nitrogens with two attached hydrogens (primary N) is 1. The van der Waals surface area contributed by atoms with Crippen LogP contribution < -0.4 is 15.8 Å². The predicted molar refractivity (Wildman–Crippen MR) is 83.1 cm³/mol. The Morgan fingerprint density at radius 3 is 2.59 bits per heavy atom. The molecule has 6 heteroatoms. The zero-order valence-corrected chi connectivity index (χ0v) is 12.5. The van der Waals surface area contributed by atoms with Gasteiger partial charge in [-0.3, -0.25) is 4.79 Å². The number of benzene rings is 1. The number of ether oxygens (including phenoxy) is 1. The van der Waals surface area contributed by atoms with Gasteiger partial charge in [-0.15, -0.1) is 0 Å². The molecule has 22 heavy (non-hydrogen) atoms. The number of rotatable bonds is 5. The maximum absolute atomic E-state index is 12.9. The lowest BCUT2D eigenvalue weighted by molar-refractivity contribution is -0.114. The lowest BCUT2D eigenvalue weighted by atomic mass is 10.1. The van der Waals surface area contributed by atoms with Crippen molar-refractivity contribution in [1.29, 1.82) is 0 Å². The molecule has 1 unspecified atom stereocenters. The van der Waals surface area contributed by atoms with E-state index in [1.165, 1.54) is 19.1 Å². The Hall–Kier alpha value is -2.63. The molecule has 0 aliphatic heterocycles. The average Bonchev–Trinajstić information content (AvgIpc) is 2.44. The number of nitrogens with one attached hydrogen (secondary N) is 1. The van der Waals surface area contributed by atoms with Crippen LogP contribution in [0.1, 0.15) is 19.4 Å². The van der Waals surface area contributed by atoms with Crippen molar-refractivity contribution < 1.29 is 13.9 Å². The molecule has 1 atom stereocenters. The van der Waals surface area contributed by atoms with Gasteiger partial charge in [-0.2, -0.15) is 4.98 Å². The van der Waals surface area contributed by atoms with E-state index < -0.39 is 0 Å². The fourth-order valence-corrected chi connectivity index (χ4v) is 2.02. The lowest BCUT2D eigenvalue weighted by Gasteiger charge is -2.15. The number of anilines is 2. The van der Waals surface area contributed by atoms with Gasteiger partial charge in [-0.25, -0.2) is 4.39 Å². The molecular weight excluding hydrogens is 285 g/mol. The highest BCUT2D eigenvalue weighted by Gasteiger charge is 2.09. The first-order chi connectivity index (χ1) is 10.4. The maximum atomic E-state index is 12.9. The third-order valence-electron chi connectivity index (χ3n) is 2.97. The number of nitrogens with zero attached hydrogens (tertiary/aromatic N) is 1. The van der Waals surface area contributed by atoms with Crippen molar-refractivity contribution >= 4 is 17.4 Å². The van der Waals surface area contributed by atoms with Crippen molar-refractivity contribution in [3.8, 4) is 5.88 Å². The van der Waals surface area contributed by atoms with E-state index in [1.807, 2.05) is 6.92 Å². The highest BCUT2D eigenvalue weighted by Crippen LogP contribution is 2.21. The minimum absolute atomic E-state index is 0.149. The zero-order chi connectivity index (χ0) is 16.1. The standard InChI is InChI=1S/C16H18FN3O2/c1-10(9-12-3-5-13(17)6-4-12)22-15-8-7-14(16(18)20-15)19-11(2)21/h3-8,10H,9H2,1-2H3,(H2,18,20)(H,19,21). The Kier molecular flexibility index (Phi) is 4.93. The van der Waals surface area contributed by atoms with Gasteiger partial charge < -0.3 is 15.8 Å². The summed E-state index contributed by atoms with van der Waals surface area (Å²) in [6.07, 6.45) is 0.471. The molecule has 116 valence electrons. The van der Waals surface area contributed by atoms with Crippen LogP contribution in [0.15, 0.2) is 36.4 Å². The third kappa shape index (κ3) is 4.44. The SMILES string of the molecule is CC(=O)Nc1ccc(OC(C)Cc2ccc(F)cc2)nc1N. The summed E-state index contributed by atoms with van der Waals surface area (Å²) in [6.45, 7) is 3.29. The van der Waals surface area contributed by atoms with Crippen LogP contribution in [0.3, 0.4) is 0 Å². The zero-order valence-electron chi connectivity index (χ0n) is 12.5. The second kappa shape index (κ2) is 6.89. The number of halogens is 1. The van der Waals surface area contributed by atoms with Gasteiger partial charge in [-0.1, -0.05) is 12.1 Å². The number of hydrogen-bond acceptors (Lipinski definition) is 4. The van der Waals surface area contributed by atoms with E-state index in [4.69, 9.17) is 10.5 Å². The summed E-state index contributed by atoms with van der Waals surface area (Å²) in [7, 11) is 0. The van der Waals surface area contributed by atoms with E-state index in [0.717, 1.165) is 5.56 Å². The number of aromatic nitrogens is 1. The quantitative estimate of drug-likeness (QED) is 0.890. The van der Waals surface area contributed by atoms with Crippen molar-refractivity contribution in [3.63, 3.8) is 0 Å². The van der Waals surface area contributed by atoms with E-state index in [-0.39, 0.29) is 23.6 Å². The van der Waals surface area contributed by atoms with Crippen molar-refractivity contribution in [2.75, 3.05) is 11.1 Å². The average molecular weight is 303 g/mol. The Morgan fingerprint density at radius 1 is 1.32 bits per heavy atom. The first-order valence-electron chi connectivity index (χ1n) is 6.89. The van der Waals surface area contributed by atoms with Crippen molar-refractivity contribution in [2.24, 2.45) is 0 Å². The number of pyridine rings is 1. The van der Waals surface area contributed by atoms with E-state index >= 15 is 0 Å². The molecular formula is C16H18FN3O2. The molecule has 0 aliphatic carbocycles. The summed E-state index contributed by atoms with van der Waals surface area (Å²) >= 11 is 0. The second-order valence-electron chi connectivity index (χ2n) is 5.02. The van der Waals surface area contributed by atoms with Crippen LogP contribution in [-0.4, -0.2) is 17.0 Å². The predicted octanol–water partition coefficient (Wildman–Crippen LogP) is 2.77. The molecule has 1 aromatic heterocycles. The summed E-state index contributed by atoms with van der Waals surface area (Å²) < 4.78 is 18.6. The molecule has 0 bridgehead atoms. The molecule has 0 saturated heterocycles. The summed E-state index contributed by atoms with van der Waals surface area (Å²) in [5, 5.41) is 2.58. The highest BCUT2D eigenvalue weighted by atomic mass is 19.1. The van der Waals surface area contributed by atoms with Crippen LogP contribution in [0, 0.1) is 5.82 Å². The molecule has 0 fully saturated rings. The van der Waals surface area contributed by atoms with Gasteiger partial charge in [0.25, 0.3) is 0 Å². The molecule has 1 aromatic carbocycles. The van der Waals surface area contributed by atoms with Gasteiger partial charge in [-0.05, 0) is 30.7 Å². The largest absolute Gasteiger partial charge is 0.474 e. The molecule has 2 aromatic rings. The van der Waals surface area contributed by atoms with E-state index in [1.54, 1.807) is 24.3 Å². The van der Waals surface area contributed by atoms with Gasteiger partial charge in [0.1, 0.15) is 11.9 Å². The van der Waals surface area contributed by atoms with E-state index in [0.29, 0.717) is 18.0 Å². The van der Waals surface area contributed by atoms with Gasteiger partial charge in [0, 0.05) is 19.4 Å². The number of hydrogen-bond donors (Lipinski definition) is 2. The third-order valence-corrected chi connectivity index (χ3v) is 2.97. The minimum atomic E-state index is -0.264. The van der Waals surface area contributed by atoms with Crippen LogP contribution >= 0.6 is 0 Å². The monoisotopic (exact) mass is 303 g/mol. The molecule has 5 nitrogen and oxygen atoms in total. The number of amides is 1. The van der Waals surface area contributed by atoms with Gasteiger partial charge in [0.05, 0.1) is 5.69 Å². The van der Waals surface area contributed by atoms with Crippen LogP contribution in [-0.2, 0) is 11.2 Å². The molecule has 0 saturated carbocycles. The molecule has 3 N–H and O–H groups in total. The Bertz CT molecular complexity index is 659. The summed E-state index contributed by atoms with van der Waals surface area (Å²) in [4.78, 5) is 15.1. The molecule has 1 heterocycles. The van der Waals surface area contributed by atoms with Gasteiger partial charge in [0.2, 0.25) is 11.8 Å². The highest BCUT2D eigenvalue weighted by molar-refractivity contribution is 5.91. The van der Waals surface area contributed by atoms with Crippen LogP contribution in [0.4, 0.5) is 15.9 Å². The Balaban J connectivity index is 1.99. The molecule has 0 radical (unpaired) electrons. The number of carbonyl (C=O) groups excluding carboxylic acids is 1. The van der Waals surface area contributed by atoms with Crippen LogP contribution in [0.2, 0.25) is 0 Å². The maximum Gasteiger partial charge on any atom is 0.221 e. The Morgan fingerprint density at radius 2 is 2.00 bits per heavy atom. The van der Waals surface area contributed by atoms with Crippen LogP contribution in [0.25, 0.3) is 0 Å². The molecule has 1 amide bonds. The lowest BCUT2D eigenvalue weighted by Crippen LogP contribution is -2.16. The number of carbonyl (C=O) groups is 1. The fourth-order valence-electron chi connectivity index (χ4n) is 2.02. The minimum Gasteiger partial charge on any atom is -0.474 e. The molecule has 2 rings (SSSR count). The van der Waals surface area contributed by atoms with Crippen molar-refractivity contribution in [3.05, 3.63) is 47.8 Å². The van der Waals surface area contributed by atoms with Crippen LogP contribution in [0.5, 0.6) is 5.88 Å². The summed E-state index contributed by atoms with van der Waals surface area (Å²) in [6, 6.07) is 9.56. The molecule has 0 aliphatic rings. The van der Waals surface area contributed by atoms with Crippen molar-refractivity contribution in [1.82, 2.24) is 4.98 Å². The summed E-state index contributed by atoms with van der Waals surface area (Å²) in [5.41, 5.74) is 7.19.